The fourth-order valence-corrected chi connectivity index (χ4v) is 6.68. The topological polar surface area (TPSA) is 132 Å². The number of hydrogen-bond donors (Lipinski definition) is 2. The standard InChI is InChI=1S/C44H79O9P/c1-4-6-7-8-9-16-20-23-28-33-41-42(53-41)34-29-25-26-30-35-43(45)50-37-40(38-51-54(47,48)49)52-44(46)36-31-24-21-18-15-13-11-10-12-14-17-19-22-27-32-39(3)5-2/h9,16,23,25,28-29,39-42H,4-8,10-15,17-22,24,26-27,30-38H2,1-3H3,(H2,47,48,49)/b16-9-,28-23-,29-25-/t39?,40-,41?,42?/m1/s1. The highest BCUT2D eigenvalue weighted by atomic mass is 31.2. The number of carbonyl (C=O) groups excluding carboxylic acids is 2. The Morgan fingerprint density at radius 3 is 1.76 bits per heavy atom. The number of ether oxygens (including phenoxy) is 3. The van der Waals surface area contributed by atoms with E-state index in [9.17, 15) is 14.2 Å². The number of rotatable bonds is 38. The van der Waals surface area contributed by atoms with Crippen molar-refractivity contribution in [3.05, 3.63) is 36.5 Å². The Morgan fingerprint density at radius 1 is 0.648 bits per heavy atom. The third-order valence-corrected chi connectivity index (χ3v) is 10.6. The van der Waals surface area contributed by atoms with E-state index in [1.54, 1.807) is 0 Å². The molecule has 314 valence electrons. The van der Waals surface area contributed by atoms with Crippen LogP contribution in [0.2, 0.25) is 0 Å². The van der Waals surface area contributed by atoms with E-state index in [2.05, 4.69) is 55.7 Å². The molecule has 3 unspecified atom stereocenters. The number of epoxide rings is 1. The molecule has 2 N–H and O–H groups in total. The van der Waals surface area contributed by atoms with Gasteiger partial charge < -0.3 is 24.0 Å². The first-order valence-corrected chi connectivity index (χ1v) is 23.3. The van der Waals surface area contributed by atoms with E-state index in [0.717, 1.165) is 57.3 Å². The fraction of sp³-hybridized carbons (Fsp3) is 0.818. The Balaban J connectivity index is 2.09. The second kappa shape index (κ2) is 34.5. The van der Waals surface area contributed by atoms with Gasteiger partial charge in [0.15, 0.2) is 6.10 Å². The van der Waals surface area contributed by atoms with E-state index >= 15 is 0 Å². The Kier molecular flexibility index (Phi) is 32.1. The fourth-order valence-electron chi connectivity index (χ4n) is 6.32. The second-order valence-corrected chi connectivity index (χ2v) is 16.5. The largest absolute Gasteiger partial charge is 0.469 e. The molecule has 4 atom stereocenters. The first kappa shape index (κ1) is 50.2. The van der Waals surface area contributed by atoms with Gasteiger partial charge in [0.1, 0.15) is 6.61 Å². The number of hydrogen-bond acceptors (Lipinski definition) is 7. The van der Waals surface area contributed by atoms with Gasteiger partial charge in [-0.2, -0.15) is 0 Å². The predicted octanol–water partition coefficient (Wildman–Crippen LogP) is 12.2. The van der Waals surface area contributed by atoms with Gasteiger partial charge in [-0.3, -0.25) is 14.1 Å². The van der Waals surface area contributed by atoms with Crippen LogP contribution in [0, 0.1) is 5.92 Å². The Labute approximate surface area is 329 Å². The lowest BCUT2D eigenvalue weighted by Crippen LogP contribution is -2.29. The molecule has 1 rings (SSSR count). The zero-order valence-electron chi connectivity index (χ0n) is 34.5. The average molecular weight is 783 g/mol. The van der Waals surface area contributed by atoms with E-state index in [-0.39, 0.29) is 31.7 Å². The van der Waals surface area contributed by atoms with Crippen LogP contribution in [-0.4, -0.2) is 53.3 Å². The van der Waals surface area contributed by atoms with E-state index in [4.69, 9.17) is 24.0 Å². The molecule has 0 aliphatic carbocycles. The Hall–Kier alpha value is -1.77. The molecule has 0 spiro atoms. The molecule has 0 saturated carbocycles. The van der Waals surface area contributed by atoms with Gasteiger partial charge in [-0.25, -0.2) is 4.57 Å². The maximum atomic E-state index is 12.4. The lowest BCUT2D eigenvalue weighted by atomic mass is 9.99. The molecule has 9 nitrogen and oxygen atoms in total. The summed E-state index contributed by atoms with van der Waals surface area (Å²) in [6.45, 7) is 5.98. The van der Waals surface area contributed by atoms with Crippen molar-refractivity contribution in [1.82, 2.24) is 0 Å². The summed E-state index contributed by atoms with van der Waals surface area (Å²) in [5, 5.41) is 0. The highest BCUT2D eigenvalue weighted by molar-refractivity contribution is 7.46. The molecule has 0 aromatic heterocycles. The number of unbranched alkanes of at least 4 members (excludes halogenated alkanes) is 17. The lowest BCUT2D eigenvalue weighted by molar-refractivity contribution is -0.161. The smallest absolute Gasteiger partial charge is 0.462 e. The molecule has 0 aromatic rings. The van der Waals surface area contributed by atoms with Crippen LogP contribution >= 0.6 is 7.82 Å². The number of phosphoric acid groups is 1. The Bertz CT molecular complexity index is 1050. The number of carbonyl (C=O) groups is 2. The molecule has 54 heavy (non-hydrogen) atoms. The summed E-state index contributed by atoms with van der Waals surface area (Å²) < 4.78 is 32.1. The van der Waals surface area contributed by atoms with E-state index in [1.165, 1.54) is 96.3 Å². The SMILES string of the molecule is CCCCC/C=C\C/C=C\CC1OC1C/C=C\CCCC(=O)OC[C@H](COP(=O)(O)O)OC(=O)CCCCCCCCCCCCCCCCC(C)CC. The van der Waals surface area contributed by atoms with Crippen LogP contribution in [0.1, 0.15) is 194 Å². The summed E-state index contributed by atoms with van der Waals surface area (Å²) in [7, 11) is -4.77. The molecular weight excluding hydrogens is 703 g/mol. The first-order chi connectivity index (χ1) is 26.1. The summed E-state index contributed by atoms with van der Waals surface area (Å²) in [5.41, 5.74) is 0. The normalized spacial score (nSPS) is 17.1. The van der Waals surface area contributed by atoms with Gasteiger partial charge in [-0.15, -0.1) is 0 Å². The molecule has 1 heterocycles. The highest BCUT2D eigenvalue weighted by Crippen LogP contribution is 2.36. The first-order valence-electron chi connectivity index (χ1n) is 21.8. The molecule has 0 bridgehead atoms. The van der Waals surface area contributed by atoms with Gasteiger partial charge in [0, 0.05) is 12.8 Å². The van der Waals surface area contributed by atoms with Gasteiger partial charge in [0.25, 0.3) is 0 Å². The van der Waals surface area contributed by atoms with Crippen molar-refractivity contribution in [2.75, 3.05) is 13.2 Å². The van der Waals surface area contributed by atoms with Gasteiger partial charge in [0.2, 0.25) is 0 Å². The maximum Gasteiger partial charge on any atom is 0.469 e. The minimum atomic E-state index is -4.77. The van der Waals surface area contributed by atoms with E-state index in [1.807, 2.05) is 6.08 Å². The number of esters is 2. The highest BCUT2D eigenvalue weighted by Gasteiger charge is 2.36. The summed E-state index contributed by atoms with van der Waals surface area (Å²) in [6, 6.07) is 0. The van der Waals surface area contributed by atoms with Crippen LogP contribution in [0.25, 0.3) is 0 Å². The van der Waals surface area contributed by atoms with Crippen molar-refractivity contribution in [3.8, 4) is 0 Å². The van der Waals surface area contributed by atoms with Crippen LogP contribution in [0.15, 0.2) is 36.5 Å². The summed E-state index contributed by atoms with van der Waals surface area (Å²) in [5.74, 6) is -0.0761. The summed E-state index contributed by atoms with van der Waals surface area (Å²) in [6.07, 6.45) is 41.8. The third kappa shape index (κ3) is 33.6. The van der Waals surface area contributed by atoms with Crippen molar-refractivity contribution in [2.24, 2.45) is 5.92 Å². The molecule has 1 aliphatic heterocycles. The average Bonchev–Trinajstić information content (AvgIpc) is 3.90. The molecule has 0 amide bonds. The molecule has 0 radical (unpaired) electrons. The quantitative estimate of drug-likeness (QED) is 0.0206. The molecule has 0 aromatic carbocycles. The van der Waals surface area contributed by atoms with E-state index in [0.29, 0.717) is 12.8 Å². The van der Waals surface area contributed by atoms with Gasteiger partial charge in [0.05, 0.1) is 18.8 Å². The summed E-state index contributed by atoms with van der Waals surface area (Å²) in [4.78, 5) is 42.9. The monoisotopic (exact) mass is 783 g/mol. The van der Waals surface area contributed by atoms with Gasteiger partial charge in [-0.05, 0) is 57.3 Å². The van der Waals surface area contributed by atoms with Crippen molar-refractivity contribution in [3.63, 3.8) is 0 Å². The van der Waals surface area contributed by atoms with E-state index < -0.39 is 32.5 Å². The molecule has 1 aliphatic rings. The van der Waals surface area contributed by atoms with Gasteiger partial charge in [-0.1, -0.05) is 166 Å². The lowest BCUT2D eigenvalue weighted by Gasteiger charge is -2.18. The van der Waals surface area contributed by atoms with Crippen LogP contribution in [0.3, 0.4) is 0 Å². The van der Waals surface area contributed by atoms with Gasteiger partial charge >= 0.3 is 19.8 Å². The number of phosphoric ester groups is 1. The molecule has 1 saturated heterocycles. The minimum Gasteiger partial charge on any atom is -0.462 e. The van der Waals surface area contributed by atoms with Crippen molar-refractivity contribution in [1.29, 1.82) is 0 Å². The molecule has 10 heteroatoms. The van der Waals surface area contributed by atoms with Crippen molar-refractivity contribution in [2.45, 2.75) is 212 Å². The third-order valence-electron chi connectivity index (χ3n) is 10.1. The minimum absolute atomic E-state index is 0.184. The van der Waals surface area contributed by atoms with Crippen LogP contribution in [-0.2, 0) is 32.9 Å². The Morgan fingerprint density at radius 2 is 1.17 bits per heavy atom. The van der Waals surface area contributed by atoms with Crippen LogP contribution in [0.4, 0.5) is 0 Å². The summed E-state index contributed by atoms with van der Waals surface area (Å²) >= 11 is 0. The predicted molar refractivity (Wildman–Crippen MR) is 220 cm³/mol. The van der Waals surface area contributed by atoms with Crippen molar-refractivity contribution >= 4 is 19.8 Å². The maximum absolute atomic E-state index is 12.4. The van der Waals surface area contributed by atoms with Crippen molar-refractivity contribution < 1.29 is 42.7 Å². The zero-order chi connectivity index (χ0) is 39.5. The zero-order valence-corrected chi connectivity index (χ0v) is 35.4. The number of allylic oxidation sites excluding steroid dienone is 4. The molecular formula is C44H79O9P. The molecule has 1 fully saturated rings. The second-order valence-electron chi connectivity index (χ2n) is 15.3. The van der Waals surface area contributed by atoms with Crippen LogP contribution in [0.5, 0.6) is 0 Å². The van der Waals surface area contributed by atoms with Crippen LogP contribution < -0.4 is 0 Å².